The van der Waals surface area contributed by atoms with Crippen LogP contribution in [0, 0.1) is 5.82 Å². The SMILES string of the molecule is CCCCC(C)NC(=O)c1ccc(Br)c(F)c1. The quantitative estimate of drug-likeness (QED) is 0.878. The normalized spacial score (nSPS) is 12.2. The fourth-order valence-corrected chi connectivity index (χ4v) is 1.77. The number of amides is 1. The van der Waals surface area contributed by atoms with Crippen LogP contribution in [0.2, 0.25) is 0 Å². The molecule has 0 spiro atoms. The highest BCUT2D eigenvalue weighted by atomic mass is 79.9. The van der Waals surface area contributed by atoms with E-state index in [4.69, 9.17) is 0 Å². The first kappa shape index (κ1) is 14.2. The van der Waals surface area contributed by atoms with Gasteiger partial charge in [-0.15, -0.1) is 0 Å². The zero-order valence-electron chi connectivity index (χ0n) is 10.1. The van der Waals surface area contributed by atoms with Crippen molar-refractivity contribution in [3.63, 3.8) is 0 Å². The van der Waals surface area contributed by atoms with Crippen molar-refractivity contribution < 1.29 is 9.18 Å². The van der Waals surface area contributed by atoms with Crippen LogP contribution in [0.4, 0.5) is 4.39 Å². The number of rotatable bonds is 5. The third kappa shape index (κ3) is 4.46. The van der Waals surface area contributed by atoms with Crippen molar-refractivity contribution in [1.29, 1.82) is 0 Å². The van der Waals surface area contributed by atoms with Gasteiger partial charge in [0.05, 0.1) is 4.47 Å². The maximum Gasteiger partial charge on any atom is 0.251 e. The van der Waals surface area contributed by atoms with Gasteiger partial charge < -0.3 is 5.32 Å². The minimum Gasteiger partial charge on any atom is -0.350 e. The minimum absolute atomic E-state index is 0.120. The van der Waals surface area contributed by atoms with Gasteiger partial charge >= 0.3 is 0 Å². The second-order valence-corrected chi connectivity index (χ2v) is 5.00. The average molecular weight is 302 g/mol. The second-order valence-electron chi connectivity index (χ2n) is 4.15. The summed E-state index contributed by atoms with van der Waals surface area (Å²) in [5, 5.41) is 2.86. The van der Waals surface area contributed by atoms with E-state index in [2.05, 4.69) is 28.2 Å². The maximum atomic E-state index is 13.3. The van der Waals surface area contributed by atoms with Gasteiger partial charge in [0.25, 0.3) is 5.91 Å². The second kappa shape index (κ2) is 6.74. The van der Waals surface area contributed by atoms with E-state index in [1.165, 1.54) is 6.07 Å². The highest BCUT2D eigenvalue weighted by Crippen LogP contribution is 2.16. The number of halogens is 2. The summed E-state index contributed by atoms with van der Waals surface area (Å²) >= 11 is 3.06. The molecule has 0 aliphatic heterocycles. The van der Waals surface area contributed by atoms with Crippen LogP contribution >= 0.6 is 15.9 Å². The number of hydrogen-bond donors (Lipinski definition) is 1. The lowest BCUT2D eigenvalue weighted by Crippen LogP contribution is -2.32. The van der Waals surface area contributed by atoms with Crippen molar-refractivity contribution >= 4 is 21.8 Å². The van der Waals surface area contributed by atoms with Gasteiger partial charge in [0, 0.05) is 11.6 Å². The Labute approximate surface area is 110 Å². The fourth-order valence-electron chi connectivity index (χ4n) is 1.53. The molecule has 1 atom stereocenters. The van der Waals surface area contributed by atoms with E-state index in [-0.39, 0.29) is 11.9 Å². The molecule has 1 aromatic rings. The van der Waals surface area contributed by atoms with Crippen LogP contribution in [0.5, 0.6) is 0 Å². The van der Waals surface area contributed by atoms with Gasteiger partial charge in [-0.1, -0.05) is 19.8 Å². The summed E-state index contributed by atoms with van der Waals surface area (Å²) in [7, 11) is 0. The van der Waals surface area contributed by atoms with Gasteiger partial charge in [-0.3, -0.25) is 4.79 Å². The van der Waals surface area contributed by atoms with E-state index < -0.39 is 5.82 Å². The molecule has 0 aliphatic rings. The molecule has 17 heavy (non-hydrogen) atoms. The third-order valence-corrected chi connectivity index (χ3v) is 3.19. The fraction of sp³-hybridized carbons (Fsp3) is 0.462. The topological polar surface area (TPSA) is 29.1 Å². The van der Waals surface area contributed by atoms with Crippen molar-refractivity contribution in [1.82, 2.24) is 5.32 Å². The third-order valence-electron chi connectivity index (χ3n) is 2.55. The van der Waals surface area contributed by atoms with Gasteiger partial charge in [-0.05, 0) is 47.5 Å². The molecule has 0 aliphatic carbocycles. The highest BCUT2D eigenvalue weighted by Gasteiger charge is 2.11. The van der Waals surface area contributed by atoms with Crippen molar-refractivity contribution in [2.45, 2.75) is 39.2 Å². The largest absolute Gasteiger partial charge is 0.350 e. The van der Waals surface area contributed by atoms with Crippen molar-refractivity contribution in [2.75, 3.05) is 0 Å². The van der Waals surface area contributed by atoms with Crippen LogP contribution in [-0.4, -0.2) is 11.9 Å². The van der Waals surface area contributed by atoms with E-state index in [9.17, 15) is 9.18 Å². The average Bonchev–Trinajstić information content (AvgIpc) is 2.30. The van der Waals surface area contributed by atoms with Crippen LogP contribution in [0.15, 0.2) is 22.7 Å². The predicted molar refractivity (Wildman–Crippen MR) is 70.6 cm³/mol. The van der Waals surface area contributed by atoms with Crippen molar-refractivity contribution in [2.24, 2.45) is 0 Å². The van der Waals surface area contributed by atoms with Crippen LogP contribution in [-0.2, 0) is 0 Å². The molecular formula is C13H17BrFNO. The summed E-state index contributed by atoms with van der Waals surface area (Å²) in [5.41, 5.74) is 0.356. The smallest absolute Gasteiger partial charge is 0.251 e. The Morgan fingerprint density at radius 2 is 2.24 bits per heavy atom. The molecule has 0 radical (unpaired) electrons. The monoisotopic (exact) mass is 301 g/mol. The number of nitrogens with one attached hydrogen (secondary N) is 1. The molecule has 1 amide bonds. The molecular weight excluding hydrogens is 285 g/mol. The molecule has 4 heteroatoms. The number of carbonyl (C=O) groups is 1. The van der Waals surface area contributed by atoms with E-state index in [0.29, 0.717) is 10.0 Å². The summed E-state index contributed by atoms with van der Waals surface area (Å²) in [4.78, 5) is 11.8. The number of benzene rings is 1. The van der Waals surface area contributed by atoms with E-state index >= 15 is 0 Å². The van der Waals surface area contributed by atoms with Gasteiger partial charge in [0.2, 0.25) is 0 Å². The summed E-state index contributed by atoms with van der Waals surface area (Å²) in [6, 6.07) is 4.51. The first-order valence-electron chi connectivity index (χ1n) is 5.80. The molecule has 0 heterocycles. The number of carbonyl (C=O) groups excluding carboxylic acids is 1. The van der Waals surface area contributed by atoms with Gasteiger partial charge in [-0.25, -0.2) is 4.39 Å². The first-order chi connectivity index (χ1) is 8.04. The van der Waals surface area contributed by atoms with Crippen LogP contribution < -0.4 is 5.32 Å². The zero-order valence-corrected chi connectivity index (χ0v) is 11.7. The summed E-state index contributed by atoms with van der Waals surface area (Å²) in [5.74, 6) is -0.640. The van der Waals surface area contributed by atoms with E-state index in [0.717, 1.165) is 19.3 Å². The number of hydrogen-bond acceptors (Lipinski definition) is 1. The molecule has 0 saturated carbocycles. The molecule has 1 rings (SSSR count). The van der Waals surface area contributed by atoms with Crippen LogP contribution in [0.25, 0.3) is 0 Å². The molecule has 94 valence electrons. The lowest BCUT2D eigenvalue weighted by atomic mass is 10.1. The molecule has 1 N–H and O–H groups in total. The first-order valence-corrected chi connectivity index (χ1v) is 6.59. The summed E-state index contributed by atoms with van der Waals surface area (Å²) in [6.45, 7) is 4.07. The Balaban J connectivity index is 2.60. The van der Waals surface area contributed by atoms with Crippen molar-refractivity contribution in [3.05, 3.63) is 34.1 Å². The molecule has 2 nitrogen and oxygen atoms in total. The van der Waals surface area contributed by atoms with Gasteiger partial charge in [-0.2, -0.15) is 0 Å². The van der Waals surface area contributed by atoms with Gasteiger partial charge in [0.1, 0.15) is 5.82 Å². The number of unbranched alkanes of at least 4 members (excludes halogenated alkanes) is 1. The van der Waals surface area contributed by atoms with E-state index in [1.807, 2.05) is 6.92 Å². The molecule has 0 fully saturated rings. The van der Waals surface area contributed by atoms with Crippen molar-refractivity contribution in [3.8, 4) is 0 Å². The van der Waals surface area contributed by atoms with Gasteiger partial charge in [0.15, 0.2) is 0 Å². The molecule has 0 bridgehead atoms. The molecule has 0 saturated heterocycles. The molecule has 1 aromatic carbocycles. The predicted octanol–water partition coefficient (Wildman–Crippen LogP) is 3.90. The van der Waals surface area contributed by atoms with Crippen LogP contribution in [0.3, 0.4) is 0 Å². The maximum absolute atomic E-state index is 13.3. The van der Waals surface area contributed by atoms with Crippen LogP contribution in [0.1, 0.15) is 43.5 Å². The standard InChI is InChI=1S/C13H17BrFNO/c1-3-4-5-9(2)16-13(17)10-6-7-11(14)12(15)8-10/h6-9H,3-5H2,1-2H3,(H,16,17). The highest BCUT2D eigenvalue weighted by molar-refractivity contribution is 9.10. The summed E-state index contributed by atoms with van der Waals surface area (Å²) < 4.78 is 13.6. The Morgan fingerprint density at radius 1 is 1.53 bits per heavy atom. The lowest BCUT2D eigenvalue weighted by Gasteiger charge is -2.13. The Bertz CT molecular complexity index is 395. The van der Waals surface area contributed by atoms with E-state index in [1.54, 1.807) is 12.1 Å². The minimum atomic E-state index is -0.418. The molecule has 1 unspecified atom stereocenters. The zero-order chi connectivity index (χ0) is 12.8. The Hall–Kier alpha value is -0.900. The Kier molecular flexibility index (Phi) is 5.62. The lowest BCUT2D eigenvalue weighted by molar-refractivity contribution is 0.0937. The summed E-state index contributed by atoms with van der Waals surface area (Å²) in [6.07, 6.45) is 3.13. The Morgan fingerprint density at radius 3 is 2.82 bits per heavy atom. The molecule has 0 aromatic heterocycles.